The van der Waals surface area contributed by atoms with Crippen LogP contribution in [0.4, 0.5) is 0 Å². The number of guanidine groups is 1. The summed E-state index contributed by atoms with van der Waals surface area (Å²) in [6.07, 6.45) is 2.26. The predicted molar refractivity (Wildman–Crippen MR) is 130 cm³/mol. The molecule has 28 heavy (non-hydrogen) atoms. The highest BCUT2D eigenvalue weighted by atomic mass is 127. The minimum absolute atomic E-state index is 0. The fourth-order valence-electron chi connectivity index (χ4n) is 2.91. The van der Waals surface area contributed by atoms with Crippen molar-refractivity contribution < 1.29 is 4.79 Å². The molecule has 0 spiro atoms. The van der Waals surface area contributed by atoms with Crippen molar-refractivity contribution >= 4 is 35.8 Å². The number of hydrogen-bond acceptors (Lipinski definition) is 3. The van der Waals surface area contributed by atoms with Gasteiger partial charge in [0.05, 0.1) is 0 Å². The van der Waals surface area contributed by atoms with Crippen LogP contribution in [0.5, 0.6) is 0 Å². The van der Waals surface area contributed by atoms with Gasteiger partial charge in [-0.3, -0.25) is 9.79 Å². The summed E-state index contributed by atoms with van der Waals surface area (Å²) in [5, 5.41) is 9.59. The first kappa shape index (κ1) is 26.6. The van der Waals surface area contributed by atoms with Crippen LogP contribution < -0.4 is 16.0 Å². The Labute approximate surface area is 188 Å². The van der Waals surface area contributed by atoms with Crippen molar-refractivity contribution in [1.29, 1.82) is 0 Å². The second kappa shape index (κ2) is 15.6. The molecule has 0 aliphatic carbocycles. The number of aliphatic imine (C=N–C) groups is 1. The van der Waals surface area contributed by atoms with Crippen molar-refractivity contribution in [3.63, 3.8) is 0 Å². The molecule has 1 aromatic rings. The van der Waals surface area contributed by atoms with E-state index in [1.165, 1.54) is 6.42 Å². The number of aryl methyl sites for hydroxylation is 1. The molecule has 0 aliphatic rings. The minimum Gasteiger partial charge on any atom is -0.355 e. The Morgan fingerprint density at radius 1 is 1.18 bits per heavy atom. The molecule has 160 valence electrons. The van der Waals surface area contributed by atoms with Crippen molar-refractivity contribution in [2.45, 2.75) is 46.6 Å². The van der Waals surface area contributed by atoms with E-state index in [0.717, 1.165) is 37.6 Å². The fraction of sp³-hybridized carbons (Fsp3) is 0.619. The predicted octanol–water partition coefficient (Wildman–Crippen LogP) is 3.02. The SMILES string of the molecule is CCN(CC)CCCC(C)NC(=NC)NCCNC(=O)c1cccc(C)c1.I. The average molecular weight is 503 g/mol. The van der Waals surface area contributed by atoms with Crippen LogP contribution in [-0.2, 0) is 0 Å². The molecule has 7 heteroatoms. The van der Waals surface area contributed by atoms with Crippen molar-refractivity contribution in [3.05, 3.63) is 35.4 Å². The van der Waals surface area contributed by atoms with Crippen molar-refractivity contribution in [2.75, 3.05) is 39.8 Å². The molecule has 3 N–H and O–H groups in total. The Balaban J connectivity index is 0.00000729. The lowest BCUT2D eigenvalue weighted by Crippen LogP contribution is -2.45. The van der Waals surface area contributed by atoms with E-state index in [9.17, 15) is 4.79 Å². The fourth-order valence-corrected chi connectivity index (χ4v) is 2.91. The Kier molecular flexibility index (Phi) is 14.8. The summed E-state index contributed by atoms with van der Waals surface area (Å²) < 4.78 is 0. The molecule has 6 nitrogen and oxygen atoms in total. The van der Waals surface area contributed by atoms with E-state index in [4.69, 9.17) is 0 Å². The highest BCUT2D eigenvalue weighted by Crippen LogP contribution is 2.03. The number of carbonyl (C=O) groups is 1. The summed E-state index contributed by atoms with van der Waals surface area (Å²) >= 11 is 0. The Morgan fingerprint density at radius 3 is 2.46 bits per heavy atom. The van der Waals surface area contributed by atoms with E-state index in [1.807, 2.05) is 31.2 Å². The molecule has 0 saturated carbocycles. The molecule has 0 radical (unpaired) electrons. The van der Waals surface area contributed by atoms with E-state index >= 15 is 0 Å². The van der Waals surface area contributed by atoms with Crippen LogP contribution in [-0.4, -0.2) is 62.6 Å². The largest absolute Gasteiger partial charge is 0.355 e. The zero-order valence-corrected chi connectivity index (χ0v) is 20.4. The van der Waals surface area contributed by atoms with E-state index in [1.54, 1.807) is 7.05 Å². The number of halogens is 1. The second-order valence-electron chi connectivity index (χ2n) is 6.84. The number of rotatable bonds is 11. The Morgan fingerprint density at radius 2 is 1.86 bits per heavy atom. The average Bonchev–Trinajstić information content (AvgIpc) is 2.67. The molecule has 1 aromatic carbocycles. The number of amides is 1. The molecule has 0 saturated heterocycles. The number of hydrogen-bond donors (Lipinski definition) is 3. The third-order valence-electron chi connectivity index (χ3n) is 4.60. The van der Waals surface area contributed by atoms with Crippen LogP contribution in [0, 0.1) is 6.92 Å². The van der Waals surface area contributed by atoms with Gasteiger partial charge in [0.1, 0.15) is 0 Å². The van der Waals surface area contributed by atoms with Gasteiger partial charge in [-0.15, -0.1) is 24.0 Å². The molecule has 0 aliphatic heterocycles. The Bertz CT molecular complexity index is 590. The second-order valence-corrected chi connectivity index (χ2v) is 6.84. The van der Waals surface area contributed by atoms with Crippen LogP contribution in [0.1, 0.15) is 49.5 Å². The Hall–Kier alpha value is -1.35. The van der Waals surface area contributed by atoms with Gasteiger partial charge in [0.15, 0.2) is 5.96 Å². The third-order valence-corrected chi connectivity index (χ3v) is 4.60. The molecule has 1 atom stereocenters. The maximum Gasteiger partial charge on any atom is 0.251 e. The number of benzene rings is 1. The molecule has 1 amide bonds. The van der Waals surface area contributed by atoms with Gasteiger partial charge >= 0.3 is 0 Å². The summed E-state index contributed by atoms with van der Waals surface area (Å²) in [6, 6.07) is 7.96. The van der Waals surface area contributed by atoms with Crippen LogP contribution in [0.2, 0.25) is 0 Å². The molecule has 0 heterocycles. The van der Waals surface area contributed by atoms with Gasteiger partial charge in [0.2, 0.25) is 0 Å². The quantitative estimate of drug-likeness (QED) is 0.188. The first-order chi connectivity index (χ1) is 13.0. The maximum absolute atomic E-state index is 12.1. The lowest BCUT2D eigenvalue weighted by Gasteiger charge is -2.21. The van der Waals surface area contributed by atoms with E-state index in [0.29, 0.717) is 24.7 Å². The normalized spacial score (nSPS) is 12.3. The van der Waals surface area contributed by atoms with Crippen LogP contribution >= 0.6 is 24.0 Å². The molecular formula is C21H38IN5O. The first-order valence-corrected chi connectivity index (χ1v) is 10.0. The van der Waals surface area contributed by atoms with Gasteiger partial charge in [-0.1, -0.05) is 31.5 Å². The van der Waals surface area contributed by atoms with E-state index < -0.39 is 0 Å². The highest BCUT2D eigenvalue weighted by Gasteiger charge is 2.07. The summed E-state index contributed by atoms with van der Waals surface area (Å²) in [5.74, 6) is 0.725. The smallest absolute Gasteiger partial charge is 0.251 e. The number of nitrogens with zero attached hydrogens (tertiary/aromatic N) is 2. The molecule has 0 aromatic heterocycles. The molecule has 1 unspecified atom stereocenters. The van der Waals surface area contributed by atoms with Crippen LogP contribution in [0.3, 0.4) is 0 Å². The van der Waals surface area contributed by atoms with Gasteiger partial charge in [-0.25, -0.2) is 0 Å². The van der Waals surface area contributed by atoms with Gasteiger partial charge in [0.25, 0.3) is 5.91 Å². The van der Waals surface area contributed by atoms with Gasteiger partial charge in [-0.05, 0) is 58.5 Å². The molecule has 1 rings (SSSR count). The standard InChI is InChI=1S/C21H37N5O.HI/c1-6-26(7-2)15-9-11-18(4)25-21(22-5)24-14-13-23-20(27)19-12-8-10-17(3)16-19;/h8,10,12,16,18H,6-7,9,11,13-15H2,1-5H3,(H,23,27)(H2,22,24,25);1H. The minimum atomic E-state index is -0.0479. The summed E-state index contributed by atoms with van der Waals surface area (Å²) in [5.41, 5.74) is 1.78. The van der Waals surface area contributed by atoms with Crippen LogP contribution in [0.25, 0.3) is 0 Å². The molecular weight excluding hydrogens is 465 g/mol. The van der Waals surface area contributed by atoms with E-state index in [-0.39, 0.29) is 29.9 Å². The number of carbonyl (C=O) groups excluding carboxylic acids is 1. The van der Waals surface area contributed by atoms with Gasteiger partial charge in [0, 0.05) is 31.7 Å². The third kappa shape index (κ3) is 10.8. The summed E-state index contributed by atoms with van der Waals surface area (Å²) in [7, 11) is 1.77. The van der Waals surface area contributed by atoms with Crippen LogP contribution in [0.15, 0.2) is 29.3 Å². The zero-order chi connectivity index (χ0) is 20.1. The van der Waals surface area contributed by atoms with E-state index in [2.05, 4.69) is 46.6 Å². The topological polar surface area (TPSA) is 68.8 Å². The first-order valence-electron chi connectivity index (χ1n) is 10.0. The zero-order valence-electron chi connectivity index (χ0n) is 18.0. The lowest BCUT2D eigenvalue weighted by molar-refractivity contribution is 0.0954. The monoisotopic (exact) mass is 503 g/mol. The highest BCUT2D eigenvalue weighted by molar-refractivity contribution is 14.0. The molecule has 0 bridgehead atoms. The summed E-state index contributed by atoms with van der Waals surface area (Å²) in [4.78, 5) is 18.8. The molecule has 0 fully saturated rings. The van der Waals surface area contributed by atoms with Crippen molar-refractivity contribution in [2.24, 2.45) is 4.99 Å². The van der Waals surface area contributed by atoms with Crippen molar-refractivity contribution in [1.82, 2.24) is 20.9 Å². The lowest BCUT2D eigenvalue weighted by atomic mass is 10.1. The maximum atomic E-state index is 12.1. The number of nitrogens with one attached hydrogen (secondary N) is 3. The van der Waals surface area contributed by atoms with Gasteiger partial charge < -0.3 is 20.9 Å². The summed E-state index contributed by atoms with van der Waals surface area (Å²) in [6.45, 7) is 13.1. The van der Waals surface area contributed by atoms with Crippen molar-refractivity contribution in [3.8, 4) is 0 Å². The van der Waals surface area contributed by atoms with Gasteiger partial charge in [-0.2, -0.15) is 0 Å².